The minimum atomic E-state index is -0.383. The van der Waals surface area contributed by atoms with Gasteiger partial charge in [-0.15, -0.1) is 0 Å². The van der Waals surface area contributed by atoms with Gasteiger partial charge in [0, 0.05) is 0 Å². The summed E-state index contributed by atoms with van der Waals surface area (Å²) >= 11 is 0. The Kier molecular flexibility index (Phi) is 5.14. The second-order valence-electron chi connectivity index (χ2n) is 6.81. The second kappa shape index (κ2) is 6.90. The van der Waals surface area contributed by atoms with Crippen LogP contribution in [0.4, 0.5) is 4.39 Å². The Bertz CT molecular complexity index is 657. The molecule has 2 aromatic rings. The van der Waals surface area contributed by atoms with Crippen molar-refractivity contribution in [1.82, 2.24) is 10.3 Å². The number of amides is 1. The summed E-state index contributed by atoms with van der Waals surface area (Å²) in [7, 11) is 0. The first-order chi connectivity index (χ1) is 10.8. The molecule has 1 N–H and O–H groups in total. The van der Waals surface area contributed by atoms with Crippen LogP contribution in [0, 0.1) is 5.82 Å². The highest BCUT2D eigenvalue weighted by atomic mass is 19.1. The zero-order valence-electron chi connectivity index (χ0n) is 14.1. The van der Waals surface area contributed by atoms with Crippen molar-refractivity contribution in [2.75, 3.05) is 0 Å². The molecule has 122 valence electrons. The minimum absolute atomic E-state index is 0.0767. The van der Waals surface area contributed by atoms with Crippen molar-refractivity contribution in [3.05, 3.63) is 65.2 Å². The molecule has 0 spiro atoms. The molecule has 0 saturated heterocycles. The third-order valence-electron chi connectivity index (χ3n) is 3.76. The molecular formula is C19H23FN2O. The molecule has 0 radical (unpaired) electrons. The second-order valence-corrected chi connectivity index (χ2v) is 6.81. The van der Waals surface area contributed by atoms with Gasteiger partial charge in [0.15, 0.2) is 0 Å². The number of hydrogen-bond acceptors (Lipinski definition) is 2. The van der Waals surface area contributed by atoms with Crippen molar-refractivity contribution in [2.24, 2.45) is 0 Å². The predicted octanol–water partition coefficient (Wildman–Crippen LogP) is 3.94. The van der Waals surface area contributed by atoms with E-state index in [2.05, 4.69) is 43.2 Å². The van der Waals surface area contributed by atoms with E-state index in [1.165, 1.54) is 11.6 Å². The Morgan fingerprint density at radius 3 is 2.35 bits per heavy atom. The van der Waals surface area contributed by atoms with E-state index in [1.54, 1.807) is 6.07 Å². The van der Waals surface area contributed by atoms with Gasteiger partial charge in [-0.3, -0.25) is 9.78 Å². The third-order valence-corrected chi connectivity index (χ3v) is 3.76. The standard InChI is InChI=1S/C19H23FN2O/c1-13(17-10-9-16(20)12-21-17)22-18(23)11-14-5-7-15(8-6-14)19(2,3)4/h5-10,12-13H,11H2,1-4H3,(H,22,23). The fraction of sp³-hybridized carbons (Fsp3) is 0.368. The largest absolute Gasteiger partial charge is 0.348 e. The smallest absolute Gasteiger partial charge is 0.224 e. The molecule has 2 rings (SSSR count). The number of nitrogens with zero attached hydrogens (tertiary/aromatic N) is 1. The van der Waals surface area contributed by atoms with E-state index in [9.17, 15) is 9.18 Å². The lowest BCUT2D eigenvalue weighted by Crippen LogP contribution is -2.28. The molecule has 3 nitrogen and oxygen atoms in total. The molecule has 0 aliphatic heterocycles. The van der Waals surface area contributed by atoms with E-state index in [0.717, 1.165) is 11.8 Å². The molecular weight excluding hydrogens is 291 g/mol. The van der Waals surface area contributed by atoms with Crippen molar-refractivity contribution < 1.29 is 9.18 Å². The maximum Gasteiger partial charge on any atom is 0.224 e. The van der Waals surface area contributed by atoms with E-state index in [4.69, 9.17) is 0 Å². The van der Waals surface area contributed by atoms with Crippen LogP contribution in [0.25, 0.3) is 0 Å². The summed E-state index contributed by atoms with van der Waals surface area (Å²) in [5, 5.41) is 2.89. The number of carbonyl (C=O) groups is 1. The summed E-state index contributed by atoms with van der Waals surface area (Å²) in [6.07, 6.45) is 1.47. The monoisotopic (exact) mass is 314 g/mol. The summed E-state index contributed by atoms with van der Waals surface area (Å²) < 4.78 is 12.9. The van der Waals surface area contributed by atoms with Crippen molar-refractivity contribution in [2.45, 2.75) is 45.6 Å². The summed E-state index contributed by atoms with van der Waals surface area (Å²) in [5.41, 5.74) is 2.95. The number of carbonyl (C=O) groups excluding carboxylic acids is 1. The highest BCUT2D eigenvalue weighted by Crippen LogP contribution is 2.22. The number of aromatic nitrogens is 1. The number of benzene rings is 1. The van der Waals surface area contributed by atoms with Crippen LogP contribution in [0.1, 0.15) is 50.6 Å². The van der Waals surface area contributed by atoms with Gasteiger partial charge in [-0.2, -0.15) is 0 Å². The van der Waals surface area contributed by atoms with Gasteiger partial charge in [-0.25, -0.2) is 4.39 Å². The van der Waals surface area contributed by atoms with Crippen LogP contribution in [0.15, 0.2) is 42.6 Å². The molecule has 0 saturated carbocycles. The molecule has 4 heteroatoms. The van der Waals surface area contributed by atoms with Gasteiger partial charge in [0.25, 0.3) is 0 Å². The quantitative estimate of drug-likeness (QED) is 0.929. The highest BCUT2D eigenvalue weighted by Gasteiger charge is 2.14. The SMILES string of the molecule is CC(NC(=O)Cc1ccc(C(C)(C)C)cc1)c1ccc(F)cn1. The summed E-state index contributed by atoms with van der Waals surface area (Å²) in [6.45, 7) is 8.31. The van der Waals surface area contributed by atoms with Gasteiger partial charge in [0.1, 0.15) is 5.82 Å². The van der Waals surface area contributed by atoms with Crippen LogP contribution < -0.4 is 5.32 Å². The summed E-state index contributed by atoms with van der Waals surface area (Å²) in [4.78, 5) is 16.1. The number of hydrogen-bond donors (Lipinski definition) is 1. The van der Waals surface area contributed by atoms with Crippen molar-refractivity contribution in [3.8, 4) is 0 Å². The molecule has 0 bridgehead atoms. The molecule has 0 aliphatic carbocycles. The van der Waals surface area contributed by atoms with E-state index in [1.807, 2.05) is 19.1 Å². The molecule has 1 aromatic heterocycles. The molecule has 1 amide bonds. The highest BCUT2D eigenvalue weighted by molar-refractivity contribution is 5.78. The van der Waals surface area contributed by atoms with E-state index in [0.29, 0.717) is 12.1 Å². The zero-order valence-corrected chi connectivity index (χ0v) is 14.1. The van der Waals surface area contributed by atoms with Gasteiger partial charge < -0.3 is 5.32 Å². The minimum Gasteiger partial charge on any atom is -0.348 e. The van der Waals surface area contributed by atoms with Crippen molar-refractivity contribution in [3.63, 3.8) is 0 Å². The van der Waals surface area contributed by atoms with Crippen LogP contribution in [-0.2, 0) is 16.6 Å². The normalized spacial score (nSPS) is 12.7. The van der Waals surface area contributed by atoms with E-state index in [-0.39, 0.29) is 23.2 Å². The molecule has 23 heavy (non-hydrogen) atoms. The van der Waals surface area contributed by atoms with Crippen LogP contribution >= 0.6 is 0 Å². The molecule has 1 unspecified atom stereocenters. The maximum absolute atomic E-state index is 12.9. The lowest BCUT2D eigenvalue weighted by atomic mass is 9.86. The van der Waals surface area contributed by atoms with Crippen LogP contribution in [-0.4, -0.2) is 10.9 Å². The molecule has 0 fully saturated rings. The number of pyridine rings is 1. The average Bonchev–Trinajstić information content (AvgIpc) is 2.47. The lowest BCUT2D eigenvalue weighted by molar-refractivity contribution is -0.121. The first-order valence-electron chi connectivity index (χ1n) is 7.76. The van der Waals surface area contributed by atoms with Crippen LogP contribution in [0.5, 0.6) is 0 Å². The molecule has 0 aliphatic rings. The Hall–Kier alpha value is -2.23. The number of halogens is 1. The van der Waals surface area contributed by atoms with Gasteiger partial charge in [0.05, 0.1) is 24.4 Å². The molecule has 1 atom stereocenters. The topological polar surface area (TPSA) is 42.0 Å². The van der Waals surface area contributed by atoms with Gasteiger partial charge in [-0.1, -0.05) is 45.0 Å². The first kappa shape index (κ1) is 17.1. The van der Waals surface area contributed by atoms with Gasteiger partial charge in [0.2, 0.25) is 5.91 Å². The maximum atomic E-state index is 12.9. The first-order valence-corrected chi connectivity index (χ1v) is 7.76. The third kappa shape index (κ3) is 4.88. The Morgan fingerprint density at radius 2 is 1.83 bits per heavy atom. The molecule has 1 aromatic carbocycles. The van der Waals surface area contributed by atoms with Crippen molar-refractivity contribution in [1.29, 1.82) is 0 Å². The number of rotatable bonds is 4. The Balaban J connectivity index is 1.95. The number of nitrogens with one attached hydrogen (secondary N) is 1. The fourth-order valence-corrected chi connectivity index (χ4v) is 2.32. The Labute approximate surface area is 137 Å². The summed E-state index contributed by atoms with van der Waals surface area (Å²) in [5.74, 6) is -0.460. The van der Waals surface area contributed by atoms with Crippen LogP contribution in [0.2, 0.25) is 0 Å². The van der Waals surface area contributed by atoms with Crippen LogP contribution in [0.3, 0.4) is 0 Å². The van der Waals surface area contributed by atoms with E-state index >= 15 is 0 Å². The summed E-state index contributed by atoms with van der Waals surface area (Å²) in [6, 6.07) is 10.8. The van der Waals surface area contributed by atoms with Gasteiger partial charge >= 0.3 is 0 Å². The fourth-order valence-electron chi connectivity index (χ4n) is 2.32. The van der Waals surface area contributed by atoms with E-state index < -0.39 is 0 Å². The molecule has 1 heterocycles. The Morgan fingerprint density at radius 1 is 1.17 bits per heavy atom. The average molecular weight is 314 g/mol. The predicted molar refractivity (Wildman–Crippen MR) is 89.6 cm³/mol. The zero-order chi connectivity index (χ0) is 17.0. The van der Waals surface area contributed by atoms with Gasteiger partial charge in [-0.05, 0) is 35.6 Å². The lowest BCUT2D eigenvalue weighted by Gasteiger charge is -2.19. The van der Waals surface area contributed by atoms with Crippen molar-refractivity contribution >= 4 is 5.91 Å².